The molecule has 1 fully saturated rings. The molecule has 0 radical (unpaired) electrons. The molecule has 4 nitrogen and oxygen atoms in total. The zero-order valence-electron chi connectivity index (χ0n) is 11.3. The van der Waals surface area contributed by atoms with Crippen LogP contribution in [-0.2, 0) is 0 Å². The topological polar surface area (TPSA) is 66.0 Å². The van der Waals surface area contributed by atoms with E-state index in [2.05, 4.69) is 23.8 Å². The molecule has 0 aromatic carbocycles. The highest BCUT2D eigenvalue weighted by Crippen LogP contribution is 2.42. The zero-order chi connectivity index (χ0) is 13.3. The molecule has 0 amide bonds. The number of hydrogen-bond donors (Lipinski definition) is 2. The molecule has 18 heavy (non-hydrogen) atoms. The monoisotopic (exact) mass is 250 g/mol. The van der Waals surface area contributed by atoms with E-state index in [0.717, 1.165) is 12.8 Å². The normalized spacial score (nSPS) is 32.7. The van der Waals surface area contributed by atoms with Crippen LogP contribution in [0.5, 0.6) is 0 Å². The summed E-state index contributed by atoms with van der Waals surface area (Å²) < 4.78 is 0. The number of Topliss-reactive ketones (excluding diaryl/α,β-unsaturated/α-hetero) is 1. The molecule has 0 saturated heterocycles. The molecule has 2 N–H and O–H groups in total. The van der Waals surface area contributed by atoms with Gasteiger partial charge in [0.1, 0.15) is 0 Å². The van der Waals surface area contributed by atoms with Gasteiger partial charge in [0.15, 0.2) is 5.82 Å². The molecule has 1 aliphatic carbocycles. The highest BCUT2D eigenvalue weighted by atomic mass is 16.3. The number of nitrogens with zero attached hydrogens (tertiary/aromatic N) is 1. The van der Waals surface area contributed by atoms with Crippen molar-refractivity contribution in [3.8, 4) is 0 Å². The Hall–Kier alpha value is -1.16. The van der Waals surface area contributed by atoms with E-state index in [4.69, 9.17) is 0 Å². The van der Waals surface area contributed by atoms with Gasteiger partial charge < -0.3 is 10.1 Å². The predicted octanol–water partition coefficient (Wildman–Crippen LogP) is 2.42. The van der Waals surface area contributed by atoms with Gasteiger partial charge in [-0.2, -0.15) is 0 Å². The minimum absolute atomic E-state index is 0.0220. The molecule has 0 bridgehead atoms. The quantitative estimate of drug-likeness (QED) is 0.810. The molecular weight excluding hydrogens is 228 g/mol. The second-order valence-electron chi connectivity index (χ2n) is 6.05. The van der Waals surface area contributed by atoms with Crippen LogP contribution in [0, 0.1) is 17.3 Å². The molecule has 0 aliphatic heterocycles. The average Bonchev–Trinajstić information content (AvgIpc) is 2.80. The maximum Gasteiger partial charge on any atom is 0.203 e. The first-order valence-electron chi connectivity index (χ1n) is 6.66. The first kappa shape index (κ1) is 13.3. The minimum Gasteiger partial charge on any atom is -0.393 e. The number of aromatic nitrogens is 2. The summed E-state index contributed by atoms with van der Waals surface area (Å²) in [6.07, 6.45) is 5.13. The number of aliphatic hydroxyl groups excluding tert-OH is 1. The van der Waals surface area contributed by atoms with Crippen LogP contribution in [-0.4, -0.2) is 27.0 Å². The van der Waals surface area contributed by atoms with E-state index >= 15 is 0 Å². The lowest BCUT2D eigenvalue weighted by atomic mass is 9.65. The van der Waals surface area contributed by atoms with Crippen molar-refractivity contribution in [1.29, 1.82) is 0 Å². The highest BCUT2D eigenvalue weighted by Gasteiger charge is 2.43. The molecule has 1 aliphatic rings. The van der Waals surface area contributed by atoms with Gasteiger partial charge in [-0.15, -0.1) is 0 Å². The van der Waals surface area contributed by atoms with E-state index < -0.39 is 5.41 Å². The highest BCUT2D eigenvalue weighted by molar-refractivity contribution is 5.97. The molecule has 3 unspecified atom stereocenters. The first-order chi connectivity index (χ1) is 8.44. The van der Waals surface area contributed by atoms with Crippen LogP contribution in [0.3, 0.4) is 0 Å². The van der Waals surface area contributed by atoms with Gasteiger partial charge in [0.25, 0.3) is 0 Å². The Kier molecular flexibility index (Phi) is 3.57. The Morgan fingerprint density at radius 1 is 1.61 bits per heavy atom. The number of aromatic amines is 1. The fraction of sp³-hybridized carbons (Fsp3) is 0.714. The van der Waals surface area contributed by atoms with E-state index in [0.29, 0.717) is 24.1 Å². The van der Waals surface area contributed by atoms with Crippen LogP contribution in [0.15, 0.2) is 12.4 Å². The number of rotatable bonds is 3. The lowest BCUT2D eigenvalue weighted by molar-refractivity contribution is -0.00460. The fourth-order valence-corrected chi connectivity index (χ4v) is 3.05. The van der Waals surface area contributed by atoms with Crippen LogP contribution in [0.1, 0.15) is 50.7 Å². The third kappa shape index (κ3) is 2.34. The Balaban J connectivity index is 2.12. The van der Waals surface area contributed by atoms with E-state index in [9.17, 15) is 9.90 Å². The average molecular weight is 250 g/mol. The molecule has 1 aromatic heterocycles. The number of imidazole rings is 1. The van der Waals surface area contributed by atoms with Gasteiger partial charge in [0.2, 0.25) is 5.78 Å². The van der Waals surface area contributed by atoms with Gasteiger partial charge >= 0.3 is 0 Å². The summed E-state index contributed by atoms with van der Waals surface area (Å²) >= 11 is 0. The van der Waals surface area contributed by atoms with Crippen molar-refractivity contribution in [1.82, 2.24) is 9.97 Å². The van der Waals surface area contributed by atoms with Crippen LogP contribution >= 0.6 is 0 Å². The second-order valence-corrected chi connectivity index (χ2v) is 6.05. The summed E-state index contributed by atoms with van der Waals surface area (Å²) in [4.78, 5) is 19.3. The largest absolute Gasteiger partial charge is 0.393 e. The minimum atomic E-state index is -0.483. The molecular formula is C14H22N2O2. The third-order valence-corrected chi connectivity index (χ3v) is 4.30. The van der Waals surface area contributed by atoms with Gasteiger partial charge in [0.05, 0.1) is 6.10 Å². The van der Waals surface area contributed by atoms with Crippen LogP contribution in [0.2, 0.25) is 0 Å². The van der Waals surface area contributed by atoms with Gasteiger partial charge in [-0.1, -0.05) is 20.8 Å². The Labute approximate surface area is 108 Å². The predicted molar refractivity (Wildman–Crippen MR) is 69.2 cm³/mol. The van der Waals surface area contributed by atoms with Crippen molar-refractivity contribution in [3.63, 3.8) is 0 Å². The van der Waals surface area contributed by atoms with Crippen molar-refractivity contribution in [2.45, 2.75) is 46.1 Å². The lowest BCUT2D eigenvalue weighted by Crippen LogP contribution is -2.42. The molecule has 0 spiro atoms. The van der Waals surface area contributed by atoms with Gasteiger partial charge in [-0.05, 0) is 31.1 Å². The maximum atomic E-state index is 12.4. The van der Waals surface area contributed by atoms with E-state index in [1.54, 1.807) is 12.4 Å². The molecule has 100 valence electrons. The van der Waals surface area contributed by atoms with E-state index in [1.165, 1.54) is 0 Å². The number of ketones is 1. The first-order valence-corrected chi connectivity index (χ1v) is 6.66. The second kappa shape index (κ2) is 4.84. The standard InChI is InChI=1S/C14H22N2O2/c1-9(2)10-4-5-14(3,8-11(10)17)12(18)13-15-6-7-16-13/h6-7,9-11,17H,4-5,8H2,1-3H3,(H,15,16). The van der Waals surface area contributed by atoms with Crippen molar-refractivity contribution in [3.05, 3.63) is 18.2 Å². The Bertz CT molecular complexity index is 413. The number of carbonyl (C=O) groups is 1. The summed E-state index contributed by atoms with van der Waals surface area (Å²) in [6, 6.07) is 0. The van der Waals surface area contributed by atoms with Crippen molar-refractivity contribution < 1.29 is 9.90 Å². The molecule has 3 atom stereocenters. The number of H-pyrrole nitrogens is 1. The van der Waals surface area contributed by atoms with Crippen molar-refractivity contribution >= 4 is 5.78 Å². The van der Waals surface area contributed by atoms with E-state index in [-0.39, 0.29) is 11.9 Å². The SMILES string of the molecule is CC(C)C1CCC(C)(C(=O)c2ncc[nH]2)CC1O. The number of aliphatic hydroxyl groups is 1. The van der Waals surface area contributed by atoms with E-state index in [1.807, 2.05) is 6.92 Å². The molecule has 1 aromatic rings. The fourth-order valence-electron chi connectivity index (χ4n) is 3.05. The van der Waals surface area contributed by atoms with Gasteiger partial charge in [-0.3, -0.25) is 4.79 Å². The smallest absolute Gasteiger partial charge is 0.203 e. The molecule has 2 rings (SSSR count). The summed E-state index contributed by atoms with van der Waals surface area (Å²) in [5.74, 6) is 1.20. The summed E-state index contributed by atoms with van der Waals surface area (Å²) in [7, 11) is 0. The van der Waals surface area contributed by atoms with Crippen LogP contribution in [0.4, 0.5) is 0 Å². The Morgan fingerprint density at radius 3 is 2.83 bits per heavy atom. The van der Waals surface area contributed by atoms with Crippen LogP contribution < -0.4 is 0 Å². The summed E-state index contributed by atoms with van der Waals surface area (Å²) in [5, 5.41) is 10.2. The summed E-state index contributed by atoms with van der Waals surface area (Å²) in [5.41, 5.74) is -0.483. The molecule has 4 heteroatoms. The number of nitrogens with one attached hydrogen (secondary N) is 1. The lowest BCUT2D eigenvalue weighted by Gasteiger charge is -2.40. The van der Waals surface area contributed by atoms with Gasteiger partial charge in [0, 0.05) is 17.8 Å². The Morgan fingerprint density at radius 2 is 2.33 bits per heavy atom. The van der Waals surface area contributed by atoms with Gasteiger partial charge in [-0.25, -0.2) is 4.98 Å². The number of carbonyl (C=O) groups excluding carboxylic acids is 1. The molecule has 1 heterocycles. The zero-order valence-corrected chi connectivity index (χ0v) is 11.3. The summed E-state index contributed by atoms with van der Waals surface area (Å²) in [6.45, 7) is 6.20. The molecule has 1 saturated carbocycles. The van der Waals surface area contributed by atoms with Crippen molar-refractivity contribution in [2.24, 2.45) is 17.3 Å². The van der Waals surface area contributed by atoms with Crippen molar-refractivity contribution in [2.75, 3.05) is 0 Å². The van der Waals surface area contributed by atoms with Crippen LogP contribution in [0.25, 0.3) is 0 Å². The maximum absolute atomic E-state index is 12.4. The third-order valence-electron chi connectivity index (χ3n) is 4.30. The number of hydrogen-bond acceptors (Lipinski definition) is 3.